The lowest BCUT2D eigenvalue weighted by Gasteiger charge is -2.12. The Morgan fingerprint density at radius 2 is 2.12 bits per heavy atom. The van der Waals surface area contributed by atoms with Gasteiger partial charge in [-0.05, 0) is 40.5 Å². The second-order valence-corrected chi connectivity index (χ2v) is 5.57. The highest BCUT2D eigenvalue weighted by Crippen LogP contribution is 2.26. The molecule has 88 valence electrons. The van der Waals surface area contributed by atoms with Gasteiger partial charge < -0.3 is 5.32 Å². The minimum atomic E-state index is 0.0561. The molecular weight excluding hydrogens is 334 g/mol. The van der Waals surface area contributed by atoms with Crippen molar-refractivity contribution in [2.24, 2.45) is 5.92 Å². The number of rotatable bonds is 4. The van der Waals surface area contributed by atoms with Gasteiger partial charge in [-0.15, -0.1) is 0 Å². The van der Waals surface area contributed by atoms with Crippen LogP contribution < -0.4 is 5.32 Å². The molecule has 0 saturated heterocycles. The summed E-state index contributed by atoms with van der Waals surface area (Å²) in [6.07, 6.45) is 1.94. The first-order valence-corrected chi connectivity index (χ1v) is 6.89. The van der Waals surface area contributed by atoms with E-state index < -0.39 is 0 Å². The zero-order valence-electron chi connectivity index (χ0n) is 9.39. The van der Waals surface area contributed by atoms with Gasteiger partial charge in [0.15, 0.2) is 0 Å². The second-order valence-electron chi connectivity index (χ2n) is 3.80. The second kappa shape index (κ2) is 6.40. The molecule has 4 heteroatoms. The molecule has 0 saturated carbocycles. The first-order valence-electron chi connectivity index (χ1n) is 5.30. The van der Waals surface area contributed by atoms with Gasteiger partial charge in [-0.25, -0.2) is 0 Å². The monoisotopic (exact) mass is 347 g/mol. The van der Waals surface area contributed by atoms with Crippen LogP contribution >= 0.6 is 31.9 Å². The summed E-state index contributed by atoms with van der Waals surface area (Å²) < 4.78 is 1.87. The fraction of sp³-hybridized carbons (Fsp3) is 0.417. The van der Waals surface area contributed by atoms with E-state index in [2.05, 4.69) is 44.1 Å². The number of carbonyl (C=O) groups excluding carboxylic acids is 1. The van der Waals surface area contributed by atoms with E-state index in [1.165, 1.54) is 0 Å². The molecule has 1 aromatic carbocycles. The standard InChI is InChI=1S/C12H15Br2NO/c1-3-4-8(2)12(16)15-11-6-5-9(13)7-10(11)14/h5-8H,3-4H2,1-2H3,(H,15,16). The Morgan fingerprint density at radius 1 is 1.44 bits per heavy atom. The van der Waals surface area contributed by atoms with Crippen LogP contribution in [0, 0.1) is 5.92 Å². The molecule has 2 nitrogen and oxygen atoms in total. The Morgan fingerprint density at radius 3 is 2.69 bits per heavy atom. The number of benzene rings is 1. The molecule has 1 N–H and O–H groups in total. The molecule has 16 heavy (non-hydrogen) atoms. The van der Waals surface area contributed by atoms with Gasteiger partial charge in [-0.3, -0.25) is 4.79 Å². The fourth-order valence-electron chi connectivity index (χ4n) is 1.41. The number of amides is 1. The van der Waals surface area contributed by atoms with E-state index in [1.54, 1.807) is 0 Å². The van der Waals surface area contributed by atoms with Crippen LogP contribution in [0.5, 0.6) is 0 Å². The van der Waals surface area contributed by atoms with Gasteiger partial charge >= 0.3 is 0 Å². The molecule has 1 aromatic rings. The lowest BCUT2D eigenvalue weighted by Crippen LogP contribution is -2.20. The maximum atomic E-state index is 11.8. The van der Waals surface area contributed by atoms with Gasteiger partial charge in [0.05, 0.1) is 5.69 Å². The minimum Gasteiger partial charge on any atom is -0.325 e. The van der Waals surface area contributed by atoms with Crippen LogP contribution in [-0.4, -0.2) is 5.91 Å². The molecule has 1 atom stereocenters. The number of hydrogen-bond donors (Lipinski definition) is 1. The SMILES string of the molecule is CCCC(C)C(=O)Nc1ccc(Br)cc1Br. The van der Waals surface area contributed by atoms with Crippen molar-refractivity contribution in [3.05, 3.63) is 27.1 Å². The van der Waals surface area contributed by atoms with Crippen molar-refractivity contribution < 1.29 is 4.79 Å². The van der Waals surface area contributed by atoms with E-state index in [0.29, 0.717) is 0 Å². The average molecular weight is 349 g/mol. The summed E-state index contributed by atoms with van der Waals surface area (Å²) in [4.78, 5) is 11.8. The highest BCUT2D eigenvalue weighted by atomic mass is 79.9. The molecular formula is C12H15Br2NO. The molecule has 1 unspecified atom stereocenters. The van der Waals surface area contributed by atoms with Crippen molar-refractivity contribution >= 4 is 43.5 Å². The number of anilines is 1. The van der Waals surface area contributed by atoms with Crippen LogP contribution in [0.3, 0.4) is 0 Å². The zero-order valence-corrected chi connectivity index (χ0v) is 12.6. The molecule has 0 bridgehead atoms. The Balaban J connectivity index is 2.69. The van der Waals surface area contributed by atoms with Crippen molar-refractivity contribution in [3.63, 3.8) is 0 Å². The van der Waals surface area contributed by atoms with Gasteiger partial charge in [0, 0.05) is 14.9 Å². The summed E-state index contributed by atoms with van der Waals surface area (Å²) in [5, 5.41) is 2.92. The van der Waals surface area contributed by atoms with E-state index in [-0.39, 0.29) is 11.8 Å². The van der Waals surface area contributed by atoms with Gasteiger partial charge in [-0.1, -0.05) is 36.2 Å². The fourth-order valence-corrected chi connectivity index (χ4v) is 2.56. The summed E-state index contributed by atoms with van der Waals surface area (Å²) in [6, 6.07) is 5.70. The lowest BCUT2D eigenvalue weighted by atomic mass is 10.1. The van der Waals surface area contributed by atoms with Crippen molar-refractivity contribution in [1.29, 1.82) is 0 Å². The number of carbonyl (C=O) groups is 1. The average Bonchev–Trinajstić information content (AvgIpc) is 2.22. The third-order valence-electron chi connectivity index (χ3n) is 2.36. The summed E-state index contributed by atoms with van der Waals surface area (Å²) in [6.45, 7) is 4.03. The summed E-state index contributed by atoms with van der Waals surface area (Å²) in [7, 11) is 0. The van der Waals surface area contributed by atoms with Crippen LogP contribution in [0.25, 0.3) is 0 Å². The van der Waals surface area contributed by atoms with E-state index in [4.69, 9.17) is 0 Å². The van der Waals surface area contributed by atoms with Crippen LogP contribution in [0.15, 0.2) is 27.1 Å². The van der Waals surface area contributed by atoms with Crippen molar-refractivity contribution in [2.45, 2.75) is 26.7 Å². The summed E-state index contributed by atoms with van der Waals surface area (Å²) in [5.41, 5.74) is 0.816. The van der Waals surface area contributed by atoms with Crippen LogP contribution in [0.1, 0.15) is 26.7 Å². The normalized spacial score (nSPS) is 12.2. The first-order chi connectivity index (χ1) is 7.54. The van der Waals surface area contributed by atoms with Gasteiger partial charge in [0.2, 0.25) is 5.91 Å². The van der Waals surface area contributed by atoms with Crippen molar-refractivity contribution in [1.82, 2.24) is 0 Å². The summed E-state index contributed by atoms with van der Waals surface area (Å²) in [5.74, 6) is 0.130. The summed E-state index contributed by atoms with van der Waals surface area (Å²) >= 11 is 6.79. The zero-order chi connectivity index (χ0) is 12.1. The van der Waals surface area contributed by atoms with Crippen molar-refractivity contribution in [3.8, 4) is 0 Å². The minimum absolute atomic E-state index is 0.0561. The van der Waals surface area contributed by atoms with Crippen molar-refractivity contribution in [2.75, 3.05) is 5.32 Å². The molecule has 0 aromatic heterocycles. The Labute approximate surface area is 113 Å². The predicted molar refractivity (Wildman–Crippen MR) is 74.5 cm³/mol. The smallest absolute Gasteiger partial charge is 0.227 e. The van der Waals surface area contributed by atoms with E-state index in [1.807, 2.05) is 25.1 Å². The van der Waals surface area contributed by atoms with E-state index >= 15 is 0 Å². The molecule has 0 spiro atoms. The Kier molecular flexibility index (Phi) is 5.49. The Bertz CT molecular complexity index is 379. The van der Waals surface area contributed by atoms with E-state index in [9.17, 15) is 4.79 Å². The van der Waals surface area contributed by atoms with Gasteiger partial charge in [-0.2, -0.15) is 0 Å². The molecule has 0 fully saturated rings. The number of nitrogens with one attached hydrogen (secondary N) is 1. The molecule has 0 aliphatic heterocycles. The topological polar surface area (TPSA) is 29.1 Å². The highest BCUT2D eigenvalue weighted by molar-refractivity contribution is 9.11. The Hall–Kier alpha value is -0.350. The third kappa shape index (κ3) is 3.91. The third-order valence-corrected chi connectivity index (χ3v) is 3.51. The molecule has 1 rings (SSSR count). The molecule has 0 aliphatic carbocycles. The molecule has 1 amide bonds. The number of hydrogen-bond acceptors (Lipinski definition) is 1. The van der Waals surface area contributed by atoms with Gasteiger partial charge in [0.1, 0.15) is 0 Å². The highest BCUT2D eigenvalue weighted by Gasteiger charge is 2.12. The maximum absolute atomic E-state index is 11.8. The van der Waals surface area contributed by atoms with Crippen LogP contribution in [-0.2, 0) is 4.79 Å². The predicted octanol–water partition coefficient (Wildman–Crippen LogP) is 4.59. The first kappa shape index (κ1) is 13.7. The maximum Gasteiger partial charge on any atom is 0.227 e. The molecule has 0 aliphatic rings. The van der Waals surface area contributed by atoms with Gasteiger partial charge in [0.25, 0.3) is 0 Å². The largest absolute Gasteiger partial charge is 0.325 e. The number of halogens is 2. The van der Waals surface area contributed by atoms with Crippen LogP contribution in [0.2, 0.25) is 0 Å². The van der Waals surface area contributed by atoms with Crippen LogP contribution in [0.4, 0.5) is 5.69 Å². The van der Waals surface area contributed by atoms with E-state index in [0.717, 1.165) is 27.5 Å². The lowest BCUT2D eigenvalue weighted by molar-refractivity contribution is -0.119. The quantitative estimate of drug-likeness (QED) is 0.847. The molecule has 0 radical (unpaired) electrons. The molecule has 0 heterocycles.